The zero-order valence-corrected chi connectivity index (χ0v) is 18.9. The lowest BCUT2D eigenvalue weighted by Crippen LogP contribution is -2.34. The highest BCUT2D eigenvalue weighted by Crippen LogP contribution is 2.32. The van der Waals surface area contributed by atoms with Gasteiger partial charge in [-0.3, -0.25) is 0 Å². The number of aromatic nitrogens is 3. The van der Waals surface area contributed by atoms with E-state index < -0.39 is 18.0 Å². The van der Waals surface area contributed by atoms with Gasteiger partial charge in [0.25, 0.3) is 0 Å². The first kappa shape index (κ1) is 22.9. The quantitative estimate of drug-likeness (QED) is 0.528. The van der Waals surface area contributed by atoms with Gasteiger partial charge in [0.15, 0.2) is 11.6 Å². The van der Waals surface area contributed by atoms with Gasteiger partial charge in [-0.15, -0.1) is 0 Å². The number of nitrogens with one attached hydrogen (secondary N) is 1. The lowest BCUT2D eigenvalue weighted by Gasteiger charge is -2.20. The van der Waals surface area contributed by atoms with E-state index in [9.17, 15) is 10.1 Å². The summed E-state index contributed by atoms with van der Waals surface area (Å²) in [5.41, 5.74) is 0.264. The van der Waals surface area contributed by atoms with Gasteiger partial charge in [0.05, 0.1) is 17.6 Å². The summed E-state index contributed by atoms with van der Waals surface area (Å²) in [5.74, 6) is 0.426. The number of amides is 1. The molecule has 0 unspecified atom stereocenters. The summed E-state index contributed by atoms with van der Waals surface area (Å²) in [5, 5.41) is 12.7. The average molecular weight is 462 g/mol. The van der Waals surface area contributed by atoms with E-state index in [1.807, 2.05) is 19.1 Å². The number of nitriles is 1. The number of carbonyl (C=O) groups excluding carboxylic acids is 1. The number of para-hydroxylation sites is 1. The Morgan fingerprint density at radius 2 is 2.03 bits per heavy atom. The topological polar surface area (TPSA) is 113 Å². The molecule has 0 saturated carbocycles. The summed E-state index contributed by atoms with van der Waals surface area (Å²) in [4.78, 5) is 26.5. The molecule has 1 N–H and O–H groups in total. The smallest absolute Gasteiger partial charge is 0.417 e. The van der Waals surface area contributed by atoms with Crippen molar-refractivity contribution in [2.75, 3.05) is 16.8 Å². The Morgan fingerprint density at radius 3 is 2.74 bits per heavy atom. The molecule has 1 amide bonds. The van der Waals surface area contributed by atoms with Crippen LogP contribution in [-0.4, -0.2) is 33.7 Å². The highest BCUT2D eigenvalue weighted by molar-refractivity contribution is 5.88. The second-order valence-electron chi connectivity index (χ2n) is 7.75. The summed E-state index contributed by atoms with van der Waals surface area (Å²) in [7, 11) is 0. The van der Waals surface area contributed by atoms with E-state index in [0.29, 0.717) is 23.6 Å². The van der Waals surface area contributed by atoms with E-state index in [2.05, 4.69) is 20.3 Å². The molecule has 10 heteroatoms. The number of carbonyl (C=O) groups is 1. The number of ether oxygens (including phenoxy) is 2. The number of rotatable bonds is 7. The minimum Gasteiger partial charge on any atom is -0.454 e. The van der Waals surface area contributed by atoms with Gasteiger partial charge in [-0.1, -0.05) is 31.2 Å². The second-order valence-corrected chi connectivity index (χ2v) is 7.75. The van der Waals surface area contributed by atoms with Gasteiger partial charge in [0, 0.05) is 0 Å². The molecule has 0 bridgehead atoms. The molecule has 0 spiro atoms. The predicted octanol–water partition coefficient (Wildman–Crippen LogP) is 4.89. The largest absolute Gasteiger partial charge is 0.454 e. The molecule has 0 aliphatic carbocycles. The first-order valence-corrected chi connectivity index (χ1v) is 10.8. The number of anilines is 2. The van der Waals surface area contributed by atoms with Crippen LogP contribution in [0.2, 0.25) is 0 Å². The molecule has 174 valence electrons. The van der Waals surface area contributed by atoms with Gasteiger partial charge in [-0.2, -0.15) is 20.2 Å². The molecule has 2 atom stereocenters. The molecule has 0 radical (unpaired) electrons. The lowest BCUT2D eigenvalue weighted by molar-refractivity contribution is 0.178. The molecule has 1 aromatic heterocycles. The Kier molecular flexibility index (Phi) is 6.54. The minimum atomic E-state index is -0.754. The molecule has 3 aromatic rings. The Labute approximate surface area is 196 Å². The highest BCUT2D eigenvalue weighted by Gasteiger charge is 2.35. The molecule has 2 heterocycles. The van der Waals surface area contributed by atoms with E-state index in [0.717, 1.165) is 0 Å². The fourth-order valence-electron chi connectivity index (χ4n) is 3.66. The molecule has 4 rings (SSSR count). The van der Waals surface area contributed by atoms with Crippen LogP contribution in [0.3, 0.4) is 0 Å². The van der Waals surface area contributed by atoms with Crippen molar-refractivity contribution >= 4 is 18.0 Å². The van der Waals surface area contributed by atoms with Crippen molar-refractivity contribution in [1.29, 1.82) is 5.26 Å². The number of cyclic esters (lactones) is 1. The zero-order valence-electron chi connectivity index (χ0n) is 18.9. The van der Waals surface area contributed by atoms with Gasteiger partial charge in [-0.25, -0.2) is 14.1 Å². The first-order valence-electron chi connectivity index (χ1n) is 10.8. The predicted molar refractivity (Wildman–Crippen MR) is 122 cm³/mol. The maximum atomic E-state index is 15.1. The Balaban J connectivity index is 1.60. The summed E-state index contributed by atoms with van der Waals surface area (Å²) < 4.78 is 25.8. The van der Waals surface area contributed by atoms with Gasteiger partial charge in [-0.05, 0) is 44.0 Å². The Bertz CT molecular complexity index is 1250. The minimum absolute atomic E-state index is 0.0462. The summed E-state index contributed by atoms with van der Waals surface area (Å²) in [6.07, 6.45) is 0.164. The number of nitrogens with zero attached hydrogens (tertiary/aromatic N) is 5. The fourth-order valence-corrected chi connectivity index (χ4v) is 3.66. The van der Waals surface area contributed by atoms with Crippen molar-refractivity contribution in [3.05, 3.63) is 65.2 Å². The van der Waals surface area contributed by atoms with Crippen LogP contribution >= 0.6 is 0 Å². The molecular weight excluding hydrogens is 439 g/mol. The van der Waals surface area contributed by atoms with Gasteiger partial charge < -0.3 is 14.8 Å². The maximum Gasteiger partial charge on any atom is 0.417 e. The third kappa shape index (κ3) is 4.59. The number of benzene rings is 2. The number of aryl methyl sites for hydroxylation is 1. The third-order valence-electron chi connectivity index (χ3n) is 5.42. The van der Waals surface area contributed by atoms with Crippen molar-refractivity contribution in [2.45, 2.75) is 39.3 Å². The monoisotopic (exact) mass is 462 g/mol. The normalized spacial score (nSPS) is 16.0. The van der Waals surface area contributed by atoms with Crippen LogP contribution in [-0.2, 0) is 4.74 Å². The zero-order chi connectivity index (χ0) is 24.2. The Morgan fingerprint density at radius 1 is 1.26 bits per heavy atom. The molecule has 1 aliphatic rings. The molecule has 1 saturated heterocycles. The molecule has 9 nitrogen and oxygen atoms in total. The van der Waals surface area contributed by atoms with Crippen molar-refractivity contribution in [3.63, 3.8) is 0 Å². The van der Waals surface area contributed by atoms with Gasteiger partial charge in [0.2, 0.25) is 11.9 Å². The van der Waals surface area contributed by atoms with E-state index in [4.69, 9.17) is 9.47 Å². The van der Waals surface area contributed by atoms with E-state index in [1.54, 1.807) is 44.2 Å². The van der Waals surface area contributed by atoms with Crippen molar-refractivity contribution in [2.24, 2.45) is 0 Å². The van der Waals surface area contributed by atoms with Crippen LogP contribution in [0, 0.1) is 24.1 Å². The highest BCUT2D eigenvalue weighted by atomic mass is 19.1. The van der Waals surface area contributed by atoms with E-state index in [1.165, 1.54) is 11.0 Å². The first-order chi connectivity index (χ1) is 16.4. The molecule has 34 heavy (non-hydrogen) atoms. The summed E-state index contributed by atoms with van der Waals surface area (Å²) in [6.45, 7) is 5.64. The van der Waals surface area contributed by atoms with Crippen molar-refractivity contribution in [1.82, 2.24) is 15.0 Å². The summed E-state index contributed by atoms with van der Waals surface area (Å²) >= 11 is 0. The third-order valence-corrected chi connectivity index (χ3v) is 5.42. The average Bonchev–Trinajstić information content (AvgIpc) is 3.21. The number of hydrogen-bond donors (Lipinski definition) is 1. The molecule has 2 aromatic carbocycles. The lowest BCUT2D eigenvalue weighted by atomic mass is 10.0. The van der Waals surface area contributed by atoms with Crippen LogP contribution in [0.1, 0.15) is 43.3 Å². The number of halogens is 1. The number of hydrogen-bond acceptors (Lipinski definition) is 8. The molecular formula is C24H23FN6O3. The van der Waals surface area contributed by atoms with Crippen molar-refractivity contribution in [3.8, 4) is 17.6 Å². The van der Waals surface area contributed by atoms with Crippen LogP contribution in [0.4, 0.5) is 21.1 Å². The van der Waals surface area contributed by atoms with Crippen LogP contribution < -0.4 is 15.0 Å². The van der Waals surface area contributed by atoms with E-state index in [-0.39, 0.29) is 35.9 Å². The fraction of sp³-hybridized carbons (Fsp3) is 0.292. The van der Waals surface area contributed by atoms with Crippen LogP contribution in [0.25, 0.3) is 0 Å². The van der Waals surface area contributed by atoms with Crippen molar-refractivity contribution < 1.29 is 18.7 Å². The Hall–Kier alpha value is -4.26. The van der Waals surface area contributed by atoms with Crippen LogP contribution in [0.15, 0.2) is 42.5 Å². The molecule has 1 fully saturated rings. The SMILES string of the molecule is CC[C@H]1COC(=O)N1c1nc(C)nc(N[C@@H](C)c2ccc(Oc3ccccc3)c(F)c2C#N)n1. The van der Waals surface area contributed by atoms with Gasteiger partial charge in [0.1, 0.15) is 24.3 Å². The van der Waals surface area contributed by atoms with Crippen LogP contribution in [0.5, 0.6) is 11.5 Å². The summed E-state index contributed by atoms with van der Waals surface area (Å²) in [6, 6.07) is 13.1. The van der Waals surface area contributed by atoms with Gasteiger partial charge >= 0.3 is 6.09 Å². The standard InChI is InChI=1S/C24H23FN6O3/c1-4-16-13-33-24(32)31(16)23-29-15(3)28-22(30-23)27-14(2)18-10-11-20(21(25)19(18)12-26)34-17-8-6-5-7-9-17/h5-11,14,16H,4,13H2,1-3H3,(H,27,28,29,30)/t14-,16-/m0/s1. The van der Waals surface area contributed by atoms with E-state index >= 15 is 4.39 Å². The second kappa shape index (κ2) is 9.70. The maximum absolute atomic E-state index is 15.1. The molecule has 1 aliphatic heterocycles.